The number of hydrogen-bond acceptors (Lipinski definition) is 14. The highest BCUT2D eigenvalue weighted by atomic mass is 16.8. The van der Waals surface area contributed by atoms with E-state index in [1.165, 1.54) is 17.2 Å². The molecule has 8 atom stereocenters. The third-order valence-electron chi connectivity index (χ3n) is 7.48. The summed E-state index contributed by atoms with van der Waals surface area (Å²) < 4.78 is 26.4. The Kier molecular flexibility index (Phi) is 7.03. The minimum absolute atomic E-state index is 0.127. The first-order valence-electron chi connectivity index (χ1n) is 13.0. The molecular formula is C25H32N8O8. The summed E-state index contributed by atoms with van der Waals surface area (Å²) in [5.41, 5.74) is 14.2. The molecule has 4 aromatic heterocycles. The van der Waals surface area contributed by atoms with Gasteiger partial charge in [-0.05, 0) is 38.1 Å². The molecule has 0 bridgehead atoms. The maximum Gasteiger partial charge on any atom is 0.164 e. The maximum atomic E-state index is 9.99. The summed E-state index contributed by atoms with van der Waals surface area (Å²) in [5.74, 6) is 0.0118. The van der Waals surface area contributed by atoms with E-state index in [-0.39, 0.29) is 31.5 Å². The Labute approximate surface area is 233 Å². The molecule has 0 amide bonds. The number of aliphatic hydroxyl groups excluding tert-OH is 4. The standard InChI is InChI=1S/C14H18N4O4.C11H14N4O4/c1-14(2)21-11-9(5-19)20-10(12(11)22-14)7-3-4-8-13(15)16-6-17-18(7)8;12-11-6-2-1-5(15(6)14-4-13-11)10-9(18)8(17)7(3-16)19-10/h3-4,6,9-12,19H,5H2,1-2H3,(H2,15,16,17);1-2,4,7-10,16-18H,3H2,(H2,12,13,14)/t9-,10+,11-,12+;7-,8-,9-,10+/m11/s1. The van der Waals surface area contributed by atoms with Crippen LogP contribution < -0.4 is 11.5 Å². The highest BCUT2D eigenvalue weighted by Crippen LogP contribution is 2.45. The summed E-state index contributed by atoms with van der Waals surface area (Å²) in [5, 5.41) is 46.6. The van der Waals surface area contributed by atoms with Gasteiger partial charge >= 0.3 is 0 Å². The number of hydrogen-bond donors (Lipinski definition) is 6. The molecule has 3 saturated heterocycles. The summed E-state index contributed by atoms with van der Waals surface area (Å²) in [6.45, 7) is 3.22. The molecule has 0 unspecified atom stereocenters. The second-order valence-electron chi connectivity index (χ2n) is 10.5. The normalized spacial score (nSPS) is 32.3. The fourth-order valence-electron chi connectivity index (χ4n) is 5.59. The zero-order valence-corrected chi connectivity index (χ0v) is 22.3. The number of fused-ring (bicyclic) bond motifs is 3. The molecule has 41 heavy (non-hydrogen) atoms. The van der Waals surface area contributed by atoms with Gasteiger partial charge in [-0.3, -0.25) is 0 Å². The van der Waals surface area contributed by atoms with E-state index in [2.05, 4.69) is 20.2 Å². The van der Waals surface area contributed by atoms with Crippen LogP contribution in [0.25, 0.3) is 11.0 Å². The summed E-state index contributed by atoms with van der Waals surface area (Å²) in [6, 6.07) is 7.13. The number of aliphatic hydroxyl groups is 4. The SMILES string of the molecule is CC1(C)O[C@@H]2[C@H](O1)[C@@H](CO)O[C@H]2c1ccc2c(N)ncnn12.Nc1ncnn2c([C@@H]3O[C@H](CO)[C@@H](O)[C@H]3O)ccc12. The van der Waals surface area contributed by atoms with E-state index in [4.69, 9.17) is 35.5 Å². The first-order valence-corrected chi connectivity index (χ1v) is 13.0. The van der Waals surface area contributed by atoms with Gasteiger partial charge in [-0.1, -0.05) is 0 Å². The molecule has 0 spiro atoms. The van der Waals surface area contributed by atoms with Crippen molar-refractivity contribution in [2.75, 3.05) is 24.7 Å². The van der Waals surface area contributed by atoms with E-state index in [0.29, 0.717) is 28.4 Å². The van der Waals surface area contributed by atoms with Crippen molar-refractivity contribution in [3.8, 4) is 0 Å². The lowest BCUT2D eigenvalue weighted by Crippen LogP contribution is -2.32. The van der Waals surface area contributed by atoms with Crippen LogP contribution in [0.15, 0.2) is 36.9 Å². The third kappa shape index (κ3) is 4.67. The van der Waals surface area contributed by atoms with Crippen LogP contribution in [0, 0.1) is 0 Å². The molecule has 3 aliphatic rings. The van der Waals surface area contributed by atoms with Crippen molar-refractivity contribution in [2.45, 2.75) is 68.5 Å². The van der Waals surface area contributed by atoms with Crippen molar-refractivity contribution in [3.63, 3.8) is 0 Å². The van der Waals surface area contributed by atoms with Crippen LogP contribution in [0.3, 0.4) is 0 Å². The van der Waals surface area contributed by atoms with E-state index in [9.17, 15) is 15.3 Å². The number of nitrogen functional groups attached to an aromatic ring is 2. The summed E-state index contributed by atoms with van der Waals surface area (Å²) in [6.07, 6.45) is -2.59. The van der Waals surface area contributed by atoms with Gasteiger partial charge < -0.3 is 50.8 Å². The fourth-order valence-corrected chi connectivity index (χ4v) is 5.59. The topological polar surface area (TPSA) is 230 Å². The number of anilines is 2. The molecule has 0 aliphatic carbocycles. The number of rotatable bonds is 4. The van der Waals surface area contributed by atoms with Crippen molar-refractivity contribution >= 4 is 22.7 Å². The van der Waals surface area contributed by atoms with Crippen molar-refractivity contribution in [3.05, 3.63) is 48.3 Å². The molecule has 4 aromatic rings. The van der Waals surface area contributed by atoms with Crippen molar-refractivity contribution in [2.24, 2.45) is 0 Å². The summed E-state index contributed by atoms with van der Waals surface area (Å²) in [4.78, 5) is 7.84. The minimum Gasteiger partial charge on any atom is -0.394 e. The second kappa shape index (κ2) is 10.4. The molecule has 0 radical (unpaired) electrons. The largest absolute Gasteiger partial charge is 0.394 e. The Morgan fingerprint density at radius 3 is 1.80 bits per heavy atom. The van der Waals surface area contributed by atoms with Gasteiger partial charge in [0.15, 0.2) is 17.4 Å². The zero-order chi connectivity index (χ0) is 29.1. The van der Waals surface area contributed by atoms with Gasteiger partial charge in [0.05, 0.1) is 24.6 Å². The monoisotopic (exact) mass is 572 g/mol. The predicted octanol–water partition coefficient (Wildman–Crippen LogP) is -1.27. The molecule has 3 aliphatic heterocycles. The molecule has 16 nitrogen and oxygen atoms in total. The Morgan fingerprint density at radius 2 is 1.27 bits per heavy atom. The second-order valence-corrected chi connectivity index (χ2v) is 10.5. The van der Waals surface area contributed by atoms with Crippen LogP contribution in [0.2, 0.25) is 0 Å². The van der Waals surface area contributed by atoms with Crippen LogP contribution >= 0.6 is 0 Å². The zero-order valence-electron chi connectivity index (χ0n) is 22.3. The van der Waals surface area contributed by atoms with Gasteiger partial charge in [-0.2, -0.15) is 10.2 Å². The average Bonchev–Trinajstić information content (AvgIpc) is 3.74. The van der Waals surface area contributed by atoms with Crippen LogP contribution in [-0.2, 0) is 18.9 Å². The predicted molar refractivity (Wildman–Crippen MR) is 140 cm³/mol. The van der Waals surface area contributed by atoms with Crippen LogP contribution in [-0.4, -0.2) is 105 Å². The Hall–Kier alpha value is -3.48. The quantitative estimate of drug-likeness (QED) is 0.167. The summed E-state index contributed by atoms with van der Waals surface area (Å²) in [7, 11) is 0. The number of ether oxygens (including phenoxy) is 4. The van der Waals surface area contributed by atoms with Crippen LogP contribution in [0.5, 0.6) is 0 Å². The third-order valence-corrected chi connectivity index (χ3v) is 7.48. The van der Waals surface area contributed by atoms with Gasteiger partial charge in [0, 0.05) is 0 Å². The highest BCUT2D eigenvalue weighted by Gasteiger charge is 2.56. The molecule has 0 aromatic carbocycles. The lowest BCUT2D eigenvalue weighted by molar-refractivity contribution is -0.191. The van der Waals surface area contributed by atoms with Gasteiger partial charge in [0.25, 0.3) is 0 Å². The van der Waals surface area contributed by atoms with E-state index >= 15 is 0 Å². The van der Waals surface area contributed by atoms with Crippen LogP contribution in [0.4, 0.5) is 11.6 Å². The first-order chi connectivity index (χ1) is 19.6. The van der Waals surface area contributed by atoms with Crippen molar-refractivity contribution in [1.29, 1.82) is 0 Å². The van der Waals surface area contributed by atoms with E-state index in [1.807, 2.05) is 26.0 Å². The Morgan fingerprint density at radius 1 is 0.756 bits per heavy atom. The van der Waals surface area contributed by atoms with E-state index in [1.54, 1.807) is 16.6 Å². The smallest absolute Gasteiger partial charge is 0.164 e. The average molecular weight is 573 g/mol. The fraction of sp³-hybridized carbons (Fsp3) is 0.520. The number of aromatic nitrogens is 6. The minimum atomic E-state index is -1.14. The van der Waals surface area contributed by atoms with Crippen molar-refractivity contribution < 1.29 is 39.4 Å². The number of nitrogens with two attached hydrogens (primary N) is 2. The lowest BCUT2D eigenvalue weighted by atomic mass is 10.1. The van der Waals surface area contributed by atoms with Gasteiger partial charge in [-0.25, -0.2) is 19.0 Å². The van der Waals surface area contributed by atoms with Gasteiger partial charge in [0.1, 0.15) is 72.5 Å². The Balaban J connectivity index is 0.000000149. The van der Waals surface area contributed by atoms with Gasteiger partial charge in [0.2, 0.25) is 0 Å². The van der Waals surface area contributed by atoms with Crippen molar-refractivity contribution in [1.82, 2.24) is 29.2 Å². The molecular weight excluding hydrogens is 540 g/mol. The molecule has 7 heterocycles. The molecule has 3 fully saturated rings. The van der Waals surface area contributed by atoms with E-state index in [0.717, 1.165) is 5.69 Å². The molecule has 8 N–H and O–H groups in total. The molecule has 7 rings (SSSR count). The Bertz CT molecular complexity index is 1540. The molecule has 16 heteroatoms. The maximum absolute atomic E-state index is 9.99. The summed E-state index contributed by atoms with van der Waals surface area (Å²) >= 11 is 0. The molecule has 0 saturated carbocycles. The van der Waals surface area contributed by atoms with Crippen LogP contribution in [0.1, 0.15) is 37.4 Å². The first kappa shape index (κ1) is 27.7. The number of nitrogens with zero attached hydrogens (tertiary/aromatic N) is 6. The lowest BCUT2D eigenvalue weighted by Gasteiger charge is -2.23. The molecule has 220 valence electrons. The highest BCUT2D eigenvalue weighted by molar-refractivity contribution is 5.66. The van der Waals surface area contributed by atoms with Gasteiger partial charge in [-0.15, -0.1) is 0 Å². The van der Waals surface area contributed by atoms with E-state index < -0.39 is 36.3 Å².